The first-order valence-electron chi connectivity index (χ1n) is 9.16. The van der Waals surface area contributed by atoms with Crippen LogP contribution in [0.4, 0.5) is 5.95 Å². The topological polar surface area (TPSA) is 81.8 Å². The molecule has 1 aromatic carbocycles. The number of rotatable bonds is 7. The van der Waals surface area contributed by atoms with Gasteiger partial charge in [-0.25, -0.2) is 0 Å². The summed E-state index contributed by atoms with van der Waals surface area (Å²) < 4.78 is 3.64. The largest absolute Gasteiger partial charge is 0.340 e. The minimum Gasteiger partial charge on any atom is -0.340 e. The lowest BCUT2D eigenvalue weighted by Gasteiger charge is -2.14. The van der Waals surface area contributed by atoms with Crippen LogP contribution in [0.25, 0.3) is 0 Å². The number of carbonyl (C=O) groups excluding carboxylic acids is 1. The number of anilines is 1. The summed E-state index contributed by atoms with van der Waals surface area (Å²) >= 11 is 7.73. The molecular weight excluding hydrogens is 410 g/mol. The Hall–Kier alpha value is -2.58. The number of aromatic nitrogens is 4. The van der Waals surface area contributed by atoms with Crippen molar-refractivity contribution in [3.05, 3.63) is 68.6 Å². The Balaban J connectivity index is 1.71. The van der Waals surface area contributed by atoms with Crippen LogP contribution >= 0.6 is 23.4 Å². The van der Waals surface area contributed by atoms with Gasteiger partial charge in [0.1, 0.15) is 6.54 Å². The van der Waals surface area contributed by atoms with Crippen LogP contribution < -0.4 is 10.7 Å². The van der Waals surface area contributed by atoms with Gasteiger partial charge in [-0.05, 0) is 32.4 Å². The van der Waals surface area contributed by atoms with Gasteiger partial charge >= 0.3 is 0 Å². The molecule has 0 atom stereocenters. The molecule has 0 spiro atoms. The molecule has 2 heterocycles. The second-order valence-electron chi connectivity index (χ2n) is 6.54. The van der Waals surface area contributed by atoms with Crippen LogP contribution in [0.1, 0.15) is 23.9 Å². The first-order chi connectivity index (χ1) is 13.9. The van der Waals surface area contributed by atoms with Gasteiger partial charge in [0.05, 0.1) is 0 Å². The van der Waals surface area contributed by atoms with Crippen molar-refractivity contribution in [2.45, 2.75) is 44.8 Å². The van der Waals surface area contributed by atoms with Crippen LogP contribution in [0.3, 0.4) is 0 Å². The number of hydrogen-bond donors (Lipinski definition) is 1. The molecule has 3 rings (SSSR count). The van der Waals surface area contributed by atoms with Gasteiger partial charge in [-0.3, -0.25) is 19.5 Å². The number of thioether (sulfide) groups is 1. The van der Waals surface area contributed by atoms with Gasteiger partial charge in [0.15, 0.2) is 10.6 Å². The third kappa shape index (κ3) is 5.07. The molecule has 3 aromatic rings. The van der Waals surface area contributed by atoms with E-state index in [2.05, 4.69) is 15.5 Å². The van der Waals surface area contributed by atoms with Crippen molar-refractivity contribution in [2.75, 3.05) is 5.32 Å². The Morgan fingerprint density at radius 1 is 1.14 bits per heavy atom. The maximum Gasteiger partial charge on any atom is 0.246 e. The molecule has 9 heteroatoms. The highest BCUT2D eigenvalue weighted by atomic mass is 35.5. The summed E-state index contributed by atoms with van der Waals surface area (Å²) in [5, 5.41) is 12.6. The van der Waals surface area contributed by atoms with E-state index in [9.17, 15) is 9.59 Å². The molecule has 0 radical (unpaired) electrons. The molecule has 1 amide bonds. The van der Waals surface area contributed by atoms with Crippen molar-refractivity contribution in [3.63, 3.8) is 0 Å². The fourth-order valence-corrected chi connectivity index (χ4v) is 4.26. The van der Waals surface area contributed by atoms with Crippen LogP contribution in [0.5, 0.6) is 0 Å². The Morgan fingerprint density at radius 2 is 1.83 bits per heavy atom. The molecule has 152 valence electrons. The second-order valence-corrected chi connectivity index (χ2v) is 7.89. The molecule has 0 fully saturated rings. The third-order valence-electron chi connectivity index (χ3n) is 4.45. The number of nitrogens with zero attached hydrogens (tertiary/aromatic N) is 4. The van der Waals surface area contributed by atoms with E-state index in [1.54, 1.807) is 18.4 Å². The Labute approximate surface area is 178 Å². The van der Waals surface area contributed by atoms with Crippen molar-refractivity contribution < 1.29 is 4.79 Å². The third-order valence-corrected chi connectivity index (χ3v) is 5.84. The molecule has 2 aromatic heterocycles. The van der Waals surface area contributed by atoms with E-state index < -0.39 is 0 Å². The number of amides is 1. The minimum atomic E-state index is -0.232. The van der Waals surface area contributed by atoms with Crippen LogP contribution in [0.15, 0.2) is 46.3 Å². The minimum absolute atomic E-state index is 0.0671. The van der Waals surface area contributed by atoms with Crippen molar-refractivity contribution in [1.29, 1.82) is 0 Å². The molecule has 0 saturated heterocycles. The lowest BCUT2D eigenvalue weighted by molar-refractivity contribution is -0.116. The summed E-state index contributed by atoms with van der Waals surface area (Å²) in [7, 11) is 0. The van der Waals surface area contributed by atoms with E-state index in [1.165, 1.54) is 23.9 Å². The van der Waals surface area contributed by atoms with Gasteiger partial charge < -0.3 is 4.57 Å². The lowest BCUT2D eigenvalue weighted by Crippen LogP contribution is -2.24. The van der Waals surface area contributed by atoms with E-state index in [1.807, 2.05) is 35.8 Å². The van der Waals surface area contributed by atoms with Crippen molar-refractivity contribution in [2.24, 2.45) is 0 Å². The summed E-state index contributed by atoms with van der Waals surface area (Å²) in [6.45, 7) is 6.29. The maximum atomic E-state index is 12.6. The summed E-state index contributed by atoms with van der Waals surface area (Å²) in [6.07, 6.45) is 0. The van der Waals surface area contributed by atoms with Crippen LogP contribution in [0, 0.1) is 13.8 Å². The smallest absolute Gasteiger partial charge is 0.246 e. The summed E-state index contributed by atoms with van der Waals surface area (Å²) in [5.74, 6) is 0.821. The quantitative estimate of drug-likeness (QED) is 0.577. The first kappa shape index (κ1) is 21.1. The summed E-state index contributed by atoms with van der Waals surface area (Å²) in [5.41, 5.74) is 2.42. The van der Waals surface area contributed by atoms with Gasteiger partial charge in [-0.2, -0.15) is 0 Å². The highest BCUT2D eigenvalue weighted by Crippen LogP contribution is 2.27. The van der Waals surface area contributed by atoms with Gasteiger partial charge in [0, 0.05) is 40.8 Å². The molecule has 29 heavy (non-hydrogen) atoms. The van der Waals surface area contributed by atoms with E-state index in [0.29, 0.717) is 28.4 Å². The first-order valence-corrected chi connectivity index (χ1v) is 10.5. The van der Waals surface area contributed by atoms with Gasteiger partial charge in [0.2, 0.25) is 11.9 Å². The predicted molar refractivity (Wildman–Crippen MR) is 116 cm³/mol. The molecule has 0 bridgehead atoms. The summed E-state index contributed by atoms with van der Waals surface area (Å²) in [4.78, 5) is 24.1. The highest BCUT2D eigenvalue weighted by molar-refractivity contribution is 7.98. The monoisotopic (exact) mass is 431 g/mol. The molecule has 1 N–H and O–H groups in total. The number of halogens is 1. The number of benzene rings is 1. The fraction of sp³-hybridized carbons (Fsp3) is 0.300. The zero-order valence-electron chi connectivity index (χ0n) is 16.5. The average molecular weight is 432 g/mol. The molecule has 0 saturated carbocycles. The highest BCUT2D eigenvalue weighted by Gasteiger charge is 2.15. The standard InChI is InChI=1S/C20H22ClN5O2S/c1-4-25-19(22-18(28)11-26-13(2)9-16(27)10-14(26)3)23-24-20(25)29-12-15-7-5-6-8-17(15)21/h5-10H,4,11-12H2,1-3H3,(H,22,23,28). The normalized spacial score (nSPS) is 10.9. The molecule has 0 unspecified atom stereocenters. The number of aryl methyl sites for hydroxylation is 2. The Kier molecular flexibility index (Phi) is 6.76. The Bertz CT molecular complexity index is 1070. The van der Waals surface area contributed by atoms with E-state index >= 15 is 0 Å². The van der Waals surface area contributed by atoms with Gasteiger partial charge in [0.25, 0.3) is 0 Å². The van der Waals surface area contributed by atoms with E-state index in [4.69, 9.17) is 11.6 Å². The number of carbonyl (C=O) groups is 1. The molecule has 0 aliphatic rings. The second kappa shape index (κ2) is 9.28. The van der Waals surface area contributed by atoms with Crippen molar-refractivity contribution >= 4 is 35.2 Å². The molecule has 0 aliphatic heterocycles. The number of hydrogen-bond acceptors (Lipinski definition) is 5. The van der Waals surface area contributed by atoms with Crippen LogP contribution in [0.2, 0.25) is 5.02 Å². The van der Waals surface area contributed by atoms with Gasteiger partial charge in [-0.15, -0.1) is 10.2 Å². The average Bonchev–Trinajstić information content (AvgIpc) is 3.05. The van der Waals surface area contributed by atoms with Gasteiger partial charge in [-0.1, -0.05) is 41.6 Å². The number of nitrogens with one attached hydrogen (secondary N) is 1. The molecular formula is C20H22ClN5O2S. The number of pyridine rings is 1. The van der Waals surface area contributed by atoms with E-state index in [-0.39, 0.29) is 17.9 Å². The predicted octanol–water partition coefficient (Wildman–Crippen LogP) is 3.66. The lowest BCUT2D eigenvalue weighted by atomic mass is 10.2. The zero-order valence-corrected chi connectivity index (χ0v) is 18.0. The van der Waals surface area contributed by atoms with E-state index in [0.717, 1.165) is 17.0 Å². The molecule has 7 nitrogen and oxygen atoms in total. The SMILES string of the molecule is CCn1c(NC(=O)Cn2c(C)cc(=O)cc2C)nnc1SCc1ccccc1Cl. The van der Waals surface area contributed by atoms with Crippen LogP contribution in [-0.4, -0.2) is 25.2 Å². The zero-order chi connectivity index (χ0) is 21.0. The summed E-state index contributed by atoms with van der Waals surface area (Å²) in [6, 6.07) is 10.7. The van der Waals surface area contributed by atoms with Crippen molar-refractivity contribution in [3.8, 4) is 0 Å². The molecule has 0 aliphatic carbocycles. The fourth-order valence-electron chi connectivity index (χ4n) is 2.98. The maximum absolute atomic E-state index is 12.6. The van der Waals surface area contributed by atoms with Crippen LogP contribution in [-0.2, 0) is 23.6 Å². The van der Waals surface area contributed by atoms with Crippen molar-refractivity contribution in [1.82, 2.24) is 19.3 Å². The Morgan fingerprint density at radius 3 is 2.48 bits per heavy atom.